The van der Waals surface area contributed by atoms with Crippen molar-refractivity contribution in [1.82, 2.24) is 4.98 Å². The number of hydrogen-bond donors (Lipinski definition) is 1. The lowest BCUT2D eigenvalue weighted by atomic mass is 9.95. The maximum Gasteiger partial charge on any atom is 0.301 e. The van der Waals surface area contributed by atoms with Crippen LogP contribution in [0.15, 0.2) is 78.5 Å². The minimum Gasteiger partial charge on any atom is -0.507 e. The number of benzene rings is 2. The van der Waals surface area contributed by atoms with Gasteiger partial charge in [0, 0.05) is 23.9 Å². The molecule has 34 heavy (non-hydrogen) atoms. The Morgan fingerprint density at radius 2 is 1.88 bits per heavy atom. The van der Waals surface area contributed by atoms with Crippen molar-refractivity contribution in [3.63, 3.8) is 0 Å². The van der Waals surface area contributed by atoms with E-state index in [1.165, 1.54) is 24.4 Å². The molecule has 3 aromatic rings. The number of aromatic nitrogens is 1. The van der Waals surface area contributed by atoms with Crippen LogP contribution in [0, 0.1) is 10.1 Å². The summed E-state index contributed by atoms with van der Waals surface area (Å²) in [6.07, 6.45) is 2.30. The Morgan fingerprint density at radius 1 is 1.12 bits per heavy atom. The lowest BCUT2D eigenvalue weighted by molar-refractivity contribution is -0.384. The number of Topliss-reactive ketones (excluding diaryl/α,β-unsaturated/α-hetero) is 1. The number of anilines is 1. The van der Waals surface area contributed by atoms with E-state index in [9.17, 15) is 24.8 Å². The summed E-state index contributed by atoms with van der Waals surface area (Å²) < 4.78 is 5.56. The van der Waals surface area contributed by atoms with E-state index < -0.39 is 28.4 Å². The lowest BCUT2D eigenvalue weighted by Crippen LogP contribution is -2.30. The smallest absolute Gasteiger partial charge is 0.301 e. The average molecular weight is 459 g/mol. The molecule has 0 radical (unpaired) electrons. The number of carbonyl (C=O) groups is 2. The summed E-state index contributed by atoms with van der Waals surface area (Å²) in [6, 6.07) is 15.8. The molecule has 0 bridgehead atoms. The highest BCUT2D eigenvalue weighted by atomic mass is 16.6. The van der Waals surface area contributed by atoms with Crippen molar-refractivity contribution in [2.45, 2.75) is 19.4 Å². The van der Waals surface area contributed by atoms with Crippen LogP contribution in [-0.2, 0) is 9.59 Å². The third-order valence-corrected chi connectivity index (χ3v) is 5.34. The molecule has 0 aliphatic carbocycles. The van der Waals surface area contributed by atoms with Gasteiger partial charge in [0.05, 0.1) is 23.1 Å². The maximum atomic E-state index is 13.1. The van der Waals surface area contributed by atoms with E-state index in [4.69, 9.17) is 4.74 Å². The van der Waals surface area contributed by atoms with Crippen molar-refractivity contribution in [1.29, 1.82) is 0 Å². The summed E-state index contributed by atoms with van der Waals surface area (Å²) in [7, 11) is 0. The van der Waals surface area contributed by atoms with E-state index in [0.29, 0.717) is 23.5 Å². The molecule has 2 heterocycles. The Morgan fingerprint density at radius 3 is 2.53 bits per heavy atom. The zero-order chi connectivity index (χ0) is 24.2. The highest BCUT2D eigenvalue weighted by Crippen LogP contribution is 2.42. The number of hydrogen-bond acceptors (Lipinski definition) is 7. The number of non-ortho nitro benzene ring substituents is 1. The quantitative estimate of drug-likeness (QED) is 0.183. The number of aliphatic hydroxyl groups excluding tert-OH is 1. The van der Waals surface area contributed by atoms with E-state index in [1.807, 2.05) is 6.92 Å². The Labute approximate surface area is 195 Å². The monoisotopic (exact) mass is 459 g/mol. The van der Waals surface area contributed by atoms with E-state index in [1.54, 1.807) is 48.5 Å². The highest BCUT2D eigenvalue weighted by Gasteiger charge is 2.47. The molecule has 1 amide bonds. The van der Waals surface area contributed by atoms with Gasteiger partial charge in [0.1, 0.15) is 17.3 Å². The molecule has 9 heteroatoms. The van der Waals surface area contributed by atoms with Crippen molar-refractivity contribution in [3.05, 3.63) is 99.7 Å². The third-order valence-electron chi connectivity index (χ3n) is 5.34. The van der Waals surface area contributed by atoms with Gasteiger partial charge in [0.2, 0.25) is 0 Å². The molecule has 2 aromatic carbocycles. The van der Waals surface area contributed by atoms with Gasteiger partial charge in [-0.2, -0.15) is 0 Å². The van der Waals surface area contributed by atoms with Crippen molar-refractivity contribution < 1.29 is 24.4 Å². The summed E-state index contributed by atoms with van der Waals surface area (Å²) in [5.74, 6) is -1.41. The van der Waals surface area contributed by atoms with Crippen LogP contribution in [-0.4, -0.2) is 33.3 Å². The van der Waals surface area contributed by atoms with Crippen LogP contribution in [0.4, 0.5) is 11.5 Å². The van der Waals surface area contributed by atoms with Crippen LogP contribution in [0.1, 0.15) is 30.5 Å². The van der Waals surface area contributed by atoms with Crippen LogP contribution >= 0.6 is 0 Å². The van der Waals surface area contributed by atoms with Gasteiger partial charge in [-0.1, -0.05) is 25.1 Å². The van der Waals surface area contributed by atoms with Crippen LogP contribution in [0.3, 0.4) is 0 Å². The lowest BCUT2D eigenvalue weighted by Gasteiger charge is -2.24. The van der Waals surface area contributed by atoms with Gasteiger partial charge in [-0.15, -0.1) is 0 Å². The molecule has 4 rings (SSSR count). The van der Waals surface area contributed by atoms with E-state index in [-0.39, 0.29) is 17.1 Å². The Balaban J connectivity index is 1.87. The first-order valence-corrected chi connectivity index (χ1v) is 10.6. The summed E-state index contributed by atoms with van der Waals surface area (Å²) >= 11 is 0. The number of carbonyl (C=O) groups excluding carboxylic acids is 2. The standard InChI is InChI=1S/C25H21N3O6/c1-2-14-34-19-11-9-16(10-12-19)23(29)21-22(17-6-5-7-18(15-17)28(32)33)27(25(31)24(21)30)20-8-3-4-13-26-20/h3-13,15,22,29H,2,14H2,1H3/b23-21+/t22-/m1/s1. The highest BCUT2D eigenvalue weighted by molar-refractivity contribution is 6.51. The largest absolute Gasteiger partial charge is 0.507 e. The van der Waals surface area contributed by atoms with Crippen LogP contribution in [0.5, 0.6) is 5.75 Å². The molecule has 1 aromatic heterocycles. The SMILES string of the molecule is CCCOc1ccc(/C(O)=C2\C(=O)C(=O)N(c3ccccn3)[C@@H]2c2cccc([N+](=O)[O-])c2)cc1. The van der Waals surface area contributed by atoms with Gasteiger partial charge in [-0.3, -0.25) is 24.6 Å². The van der Waals surface area contributed by atoms with Gasteiger partial charge < -0.3 is 9.84 Å². The number of rotatable bonds is 7. The molecule has 9 nitrogen and oxygen atoms in total. The second-order valence-corrected chi connectivity index (χ2v) is 7.58. The first-order chi connectivity index (χ1) is 16.4. The fourth-order valence-electron chi connectivity index (χ4n) is 3.77. The molecule has 1 aliphatic rings. The fraction of sp³-hybridized carbons (Fsp3) is 0.160. The third kappa shape index (κ3) is 4.23. The average Bonchev–Trinajstić information content (AvgIpc) is 3.13. The van der Waals surface area contributed by atoms with Crippen molar-refractivity contribution in [3.8, 4) is 5.75 Å². The molecule has 172 valence electrons. The Kier molecular flexibility index (Phi) is 6.35. The first-order valence-electron chi connectivity index (χ1n) is 10.6. The minimum absolute atomic E-state index is 0.182. The van der Waals surface area contributed by atoms with Gasteiger partial charge in [-0.25, -0.2) is 4.98 Å². The van der Waals surface area contributed by atoms with Crippen LogP contribution < -0.4 is 9.64 Å². The van der Waals surface area contributed by atoms with Gasteiger partial charge in [0.15, 0.2) is 0 Å². The molecule has 0 unspecified atom stereocenters. The predicted molar refractivity (Wildman–Crippen MR) is 124 cm³/mol. The molecule has 1 N–H and O–H groups in total. The first kappa shape index (κ1) is 22.7. The zero-order valence-electron chi connectivity index (χ0n) is 18.2. The number of amides is 1. The van der Waals surface area contributed by atoms with E-state index in [2.05, 4.69) is 4.98 Å². The Hall–Kier alpha value is -4.53. The molecule has 1 saturated heterocycles. The van der Waals surface area contributed by atoms with E-state index >= 15 is 0 Å². The molecule has 0 saturated carbocycles. The van der Waals surface area contributed by atoms with Crippen molar-refractivity contribution in [2.75, 3.05) is 11.5 Å². The van der Waals surface area contributed by atoms with Crippen LogP contribution in [0.25, 0.3) is 5.76 Å². The Bertz CT molecular complexity index is 1270. The summed E-state index contributed by atoms with van der Waals surface area (Å²) in [5.41, 5.74) is 0.210. The van der Waals surface area contributed by atoms with Crippen molar-refractivity contribution >= 4 is 29.0 Å². The predicted octanol–water partition coefficient (Wildman–Crippen LogP) is 4.40. The molecule has 1 aliphatic heterocycles. The maximum absolute atomic E-state index is 13.1. The minimum atomic E-state index is -1.11. The zero-order valence-corrected chi connectivity index (χ0v) is 18.2. The summed E-state index contributed by atoms with van der Waals surface area (Å²) in [4.78, 5) is 42.3. The topological polar surface area (TPSA) is 123 Å². The fourth-order valence-corrected chi connectivity index (χ4v) is 3.77. The molecular weight excluding hydrogens is 438 g/mol. The van der Waals surface area contributed by atoms with Gasteiger partial charge in [0.25, 0.3) is 11.5 Å². The van der Waals surface area contributed by atoms with Crippen molar-refractivity contribution in [2.24, 2.45) is 0 Å². The second-order valence-electron chi connectivity index (χ2n) is 7.58. The number of nitro benzene ring substituents is 1. The summed E-state index contributed by atoms with van der Waals surface area (Å²) in [6.45, 7) is 2.52. The number of aliphatic hydroxyl groups is 1. The van der Waals surface area contributed by atoms with E-state index in [0.717, 1.165) is 11.3 Å². The normalized spacial score (nSPS) is 17.1. The molecular formula is C25H21N3O6. The second kappa shape index (κ2) is 9.53. The number of nitrogens with zero attached hydrogens (tertiary/aromatic N) is 3. The summed E-state index contributed by atoms with van der Waals surface area (Å²) in [5, 5.41) is 22.5. The van der Waals surface area contributed by atoms with Gasteiger partial charge >= 0.3 is 5.91 Å². The number of nitro groups is 1. The number of ether oxygens (including phenoxy) is 1. The molecule has 0 spiro atoms. The number of pyridine rings is 1. The van der Waals surface area contributed by atoms with Crippen LogP contribution in [0.2, 0.25) is 0 Å². The molecule has 1 fully saturated rings. The number of ketones is 1. The van der Waals surface area contributed by atoms with Gasteiger partial charge in [-0.05, 0) is 48.4 Å². The molecule has 1 atom stereocenters.